The van der Waals surface area contributed by atoms with E-state index in [0.717, 1.165) is 35.5 Å². The number of ether oxygens (including phenoxy) is 2. The van der Waals surface area contributed by atoms with Gasteiger partial charge in [-0.05, 0) is 48.0 Å². The Hall–Kier alpha value is -3.95. The number of sulfone groups is 1. The van der Waals surface area contributed by atoms with Crippen LogP contribution in [0.1, 0.15) is 21.5 Å². The van der Waals surface area contributed by atoms with Crippen LogP contribution in [0.3, 0.4) is 0 Å². The zero-order valence-corrected chi connectivity index (χ0v) is 22.9. The lowest BCUT2D eigenvalue weighted by molar-refractivity contribution is 0.0627. The number of carbonyl (C=O) groups excluding carboxylic acids is 1. The molecule has 3 aromatic carbocycles. The largest absolute Gasteiger partial charge is 0.497 e. The fraction of sp³-hybridized carbons (Fsp3) is 0.267. The number of carbonyl (C=O) groups is 1. The average molecular weight is 546 g/mol. The van der Waals surface area contributed by atoms with Crippen LogP contribution in [-0.4, -0.2) is 69.5 Å². The van der Waals surface area contributed by atoms with E-state index < -0.39 is 9.84 Å². The summed E-state index contributed by atoms with van der Waals surface area (Å²) in [5, 5.41) is 0.780. The van der Waals surface area contributed by atoms with Crippen LogP contribution in [0.5, 0.6) is 11.5 Å². The quantitative estimate of drug-likeness (QED) is 0.328. The van der Waals surface area contributed by atoms with E-state index in [1.165, 1.54) is 0 Å². The molecule has 39 heavy (non-hydrogen) atoms. The van der Waals surface area contributed by atoms with Crippen molar-refractivity contribution in [1.29, 1.82) is 0 Å². The number of fused-ring (bicyclic) bond motifs is 1. The van der Waals surface area contributed by atoms with Gasteiger partial charge in [-0.3, -0.25) is 14.7 Å². The van der Waals surface area contributed by atoms with Crippen LogP contribution in [0, 0.1) is 0 Å². The van der Waals surface area contributed by atoms with E-state index in [4.69, 9.17) is 9.47 Å². The molecule has 0 radical (unpaired) electrons. The van der Waals surface area contributed by atoms with E-state index in [-0.39, 0.29) is 16.6 Å². The number of benzene rings is 3. The maximum Gasteiger partial charge on any atom is 0.253 e. The smallest absolute Gasteiger partial charge is 0.253 e. The van der Waals surface area contributed by atoms with Crippen LogP contribution in [0.15, 0.2) is 83.9 Å². The highest BCUT2D eigenvalue weighted by molar-refractivity contribution is 7.90. The van der Waals surface area contributed by atoms with Gasteiger partial charge < -0.3 is 14.4 Å². The molecule has 1 aromatic heterocycles. The molecule has 0 unspecified atom stereocenters. The summed E-state index contributed by atoms with van der Waals surface area (Å²) in [5.41, 5.74) is 2.68. The number of methoxy groups -OCH3 is 2. The van der Waals surface area contributed by atoms with Gasteiger partial charge in [-0.15, -0.1) is 0 Å². The number of hydrogen-bond donors (Lipinski definition) is 0. The van der Waals surface area contributed by atoms with Crippen LogP contribution >= 0.6 is 0 Å². The molecule has 202 valence electrons. The van der Waals surface area contributed by atoms with Crippen molar-refractivity contribution >= 4 is 26.6 Å². The Morgan fingerprint density at radius 2 is 1.64 bits per heavy atom. The zero-order chi connectivity index (χ0) is 27.4. The molecule has 1 aliphatic heterocycles. The lowest BCUT2D eigenvalue weighted by Crippen LogP contribution is -2.48. The molecule has 1 aliphatic rings. The van der Waals surface area contributed by atoms with Gasteiger partial charge in [0, 0.05) is 55.4 Å². The van der Waals surface area contributed by atoms with E-state index in [9.17, 15) is 13.2 Å². The lowest BCUT2D eigenvalue weighted by atomic mass is 10.1. The van der Waals surface area contributed by atoms with Gasteiger partial charge in [0.05, 0.1) is 30.4 Å². The SMILES string of the molecule is COc1ccc(OC)c(CN2CCN(C(=O)c3ccc(CS(=O)(=O)c4cccc5cccnc45)cc3)CC2)c1. The molecular weight excluding hydrogens is 514 g/mol. The molecule has 0 N–H and O–H groups in total. The topological polar surface area (TPSA) is 89.0 Å². The number of pyridine rings is 1. The average Bonchev–Trinajstić information content (AvgIpc) is 2.97. The number of amides is 1. The van der Waals surface area contributed by atoms with Crippen LogP contribution < -0.4 is 9.47 Å². The Kier molecular flexibility index (Phi) is 7.81. The van der Waals surface area contributed by atoms with E-state index in [2.05, 4.69) is 9.88 Å². The second-order valence-corrected chi connectivity index (χ2v) is 11.5. The number of hydrogen-bond acceptors (Lipinski definition) is 7. The van der Waals surface area contributed by atoms with E-state index in [1.54, 1.807) is 62.9 Å². The maximum absolute atomic E-state index is 13.2. The van der Waals surface area contributed by atoms with Gasteiger partial charge in [0.2, 0.25) is 0 Å². The second kappa shape index (κ2) is 11.4. The summed E-state index contributed by atoms with van der Waals surface area (Å²) >= 11 is 0. The van der Waals surface area contributed by atoms with Gasteiger partial charge in [0.15, 0.2) is 9.84 Å². The van der Waals surface area contributed by atoms with Crippen molar-refractivity contribution in [2.75, 3.05) is 40.4 Å². The first-order valence-corrected chi connectivity index (χ1v) is 14.4. The molecule has 0 spiro atoms. The first-order valence-electron chi connectivity index (χ1n) is 12.8. The lowest BCUT2D eigenvalue weighted by Gasteiger charge is -2.35. The molecule has 0 aliphatic carbocycles. The third-order valence-corrected chi connectivity index (χ3v) is 8.74. The molecule has 0 atom stereocenters. The molecule has 2 heterocycles. The standard InChI is InChI=1S/C30H31N3O5S/c1-37-26-12-13-27(38-2)25(19-26)20-32-15-17-33(18-16-32)30(34)24-10-8-22(9-11-24)21-39(35,36)28-7-3-5-23-6-4-14-31-29(23)28/h3-14,19H,15-18,20-21H2,1-2H3. The Morgan fingerprint density at radius 3 is 2.36 bits per heavy atom. The van der Waals surface area contributed by atoms with Crippen molar-refractivity contribution in [3.05, 3.63) is 95.7 Å². The van der Waals surface area contributed by atoms with Crippen molar-refractivity contribution < 1.29 is 22.7 Å². The minimum atomic E-state index is -3.62. The van der Waals surface area contributed by atoms with Crippen molar-refractivity contribution in [2.45, 2.75) is 17.2 Å². The normalized spacial score (nSPS) is 14.4. The predicted molar refractivity (Wildman–Crippen MR) is 150 cm³/mol. The highest BCUT2D eigenvalue weighted by atomic mass is 32.2. The molecule has 8 nitrogen and oxygen atoms in total. The molecule has 5 rings (SSSR count). The molecular formula is C30H31N3O5S. The van der Waals surface area contributed by atoms with Crippen LogP contribution in [-0.2, 0) is 22.1 Å². The highest BCUT2D eigenvalue weighted by Gasteiger charge is 2.24. The van der Waals surface area contributed by atoms with Crippen molar-refractivity contribution in [3.8, 4) is 11.5 Å². The number of rotatable bonds is 8. The number of aromatic nitrogens is 1. The first kappa shape index (κ1) is 26.6. The molecule has 1 amide bonds. The molecule has 0 bridgehead atoms. The highest BCUT2D eigenvalue weighted by Crippen LogP contribution is 2.27. The molecule has 0 saturated carbocycles. The van der Waals surface area contributed by atoms with Crippen molar-refractivity contribution in [1.82, 2.24) is 14.8 Å². The van der Waals surface area contributed by atoms with E-state index in [0.29, 0.717) is 36.3 Å². The van der Waals surface area contributed by atoms with Gasteiger partial charge >= 0.3 is 0 Å². The molecule has 1 fully saturated rings. The maximum atomic E-state index is 13.2. The number of nitrogens with zero attached hydrogens (tertiary/aromatic N) is 3. The van der Waals surface area contributed by atoms with Gasteiger partial charge in [-0.1, -0.05) is 30.3 Å². The Morgan fingerprint density at radius 1 is 0.897 bits per heavy atom. The number of para-hydroxylation sites is 1. The summed E-state index contributed by atoms with van der Waals surface area (Å²) in [5.74, 6) is 1.38. The fourth-order valence-corrected chi connectivity index (χ4v) is 6.44. The Balaban J connectivity index is 1.21. The second-order valence-electron chi connectivity index (χ2n) is 9.53. The third-order valence-electron chi connectivity index (χ3n) is 7.03. The Bertz CT molecular complexity index is 1580. The zero-order valence-electron chi connectivity index (χ0n) is 22.0. The van der Waals surface area contributed by atoms with E-state index in [1.807, 2.05) is 35.2 Å². The monoisotopic (exact) mass is 545 g/mol. The van der Waals surface area contributed by atoms with Gasteiger partial charge in [0.25, 0.3) is 5.91 Å². The summed E-state index contributed by atoms with van der Waals surface area (Å²) in [6, 6.07) is 21.4. The summed E-state index contributed by atoms with van der Waals surface area (Å²) in [7, 11) is -0.316. The van der Waals surface area contributed by atoms with Gasteiger partial charge in [0.1, 0.15) is 11.5 Å². The summed E-state index contributed by atoms with van der Waals surface area (Å²) in [6.07, 6.45) is 1.59. The first-order chi connectivity index (χ1) is 18.9. The van der Waals surface area contributed by atoms with Crippen LogP contribution in [0.25, 0.3) is 10.9 Å². The minimum Gasteiger partial charge on any atom is -0.497 e. The molecule has 4 aromatic rings. The van der Waals surface area contributed by atoms with E-state index >= 15 is 0 Å². The predicted octanol–water partition coefficient (Wildman–Crippen LogP) is 4.18. The van der Waals surface area contributed by atoms with Crippen molar-refractivity contribution in [3.63, 3.8) is 0 Å². The number of piperazine rings is 1. The summed E-state index contributed by atoms with van der Waals surface area (Å²) in [6.45, 7) is 3.39. The minimum absolute atomic E-state index is 0.0544. The van der Waals surface area contributed by atoms with Crippen molar-refractivity contribution in [2.24, 2.45) is 0 Å². The van der Waals surface area contributed by atoms with Gasteiger partial charge in [-0.25, -0.2) is 8.42 Å². The Labute approximate surface area is 228 Å². The molecule has 9 heteroatoms. The summed E-state index contributed by atoms with van der Waals surface area (Å²) in [4.78, 5) is 21.8. The van der Waals surface area contributed by atoms with Crippen LogP contribution in [0.4, 0.5) is 0 Å². The summed E-state index contributed by atoms with van der Waals surface area (Å²) < 4.78 is 37.2. The fourth-order valence-electron chi connectivity index (χ4n) is 4.91. The molecule has 1 saturated heterocycles. The van der Waals surface area contributed by atoms with Crippen LogP contribution in [0.2, 0.25) is 0 Å². The third kappa shape index (κ3) is 5.89. The van der Waals surface area contributed by atoms with Gasteiger partial charge in [-0.2, -0.15) is 0 Å².